The first-order valence-corrected chi connectivity index (χ1v) is 3.96. The molecule has 5 nitrogen and oxygen atoms in total. The van der Waals surface area contributed by atoms with Crippen molar-refractivity contribution in [2.45, 2.75) is 13.8 Å². The fraction of sp³-hybridized carbons (Fsp3) is 0.375. The molecule has 1 heterocycles. The second kappa shape index (κ2) is 4.39. The zero-order chi connectivity index (χ0) is 9.68. The van der Waals surface area contributed by atoms with Crippen molar-refractivity contribution >= 4 is 11.8 Å². The lowest BCUT2D eigenvalue weighted by molar-refractivity contribution is 0.168. The highest BCUT2D eigenvalue weighted by atomic mass is 16.5. The van der Waals surface area contributed by atoms with Gasteiger partial charge in [0.25, 0.3) is 0 Å². The van der Waals surface area contributed by atoms with E-state index in [0.29, 0.717) is 18.0 Å². The topological polar surface area (TPSA) is 64.1 Å². The molecule has 1 amide bonds. The summed E-state index contributed by atoms with van der Waals surface area (Å²) in [6.45, 7) is 3.86. The highest BCUT2D eigenvalue weighted by Crippen LogP contribution is 2.08. The van der Waals surface area contributed by atoms with E-state index in [1.165, 1.54) is 6.20 Å². The van der Waals surface area contributed by atoms with E-state index in [1.54, 1.807) is 19.9 Å². The molecule has 5 heteroatoms. The van der Waals surface area contributed by atoms with E-state index in [0.717, 1.165) is 0 Å². The van der Waals surface area contributed by atoms with Crippen molar-refractivity contribution in [3.05, 3.63) is 18.0 Å². The first kappa shape index (κ1) is 9.44. The summed E-state index contributed by atoms with van der Waals surface area (Å²) in [6, 6.07) is 1.67. The largest absolute Gasteiger partial charge is 0.450 e. The number of ether oxygens (including phenoxy) is 1. The van der Waals surface area contributed by atoms with Gasteiger partial charge >= 0.3 is 6.09 Å². The summed E-state index contributed by atoms with van der Waals surface area (Å²) < 4.78 is 4.70. The van der Waals surface area contributed by atoms with E-state index in [1.807, 2.05) is 0 Å². The van der Waals surface area contributed by atoms with E-state index < -0.39 is 6.09 Å². The van der Waals surface area contributed by atoms with Crippen LogP contribution in [0.25, 0.3) is 0 Å². The van der Waals surface area contributed by atoms with Crippen molar-refractivity contribution in [1.29, 1.82) is 0 Å². The predicted octanol–water partition coefficient (Wildman–Crippen LogP) is 1.35. The molecule has 0 radical (unpaired) electrons. The predicted molar refractivity (Wildman–Crippen MR) is 47.4 cm³/mol. The molecule has 0 aromatic carbocycles. The monoisotopic (exact) mass is 181 g/mol. The van der Waals surface area contributed by atoms with Crippen molar-refractivity contribution in [2.75, 3.05) is 11.9 Å². The Morgan fingerprint density at radius 3 is 3.08 bits per heavy atom. The summed E-state index contributed by atoms with van der Waals surface area (Å²) >= 11 is 0. The molecule has 0 saturated carbocycles. The van der Waals surface area contributed by atoms with Gasteiger partial charge in [0.05, 0.1) is 24.2 Å². The molecule has 13 heavy (non-hydrogen) atoms. The molecule has 0 bridgehead atoms. The standard InChI is InChI=1S/C8H11N3O2/c1-3-13-8(12)10-7-4-5-9-11-6(7)2/h4-5H,3H2,1-2H3,(H,9,10,12). The molecule has 0 aliphatic rings. The number of aromatic nitrogens is 2. The average molecular weight is 181 g/mol. The number of carbonyl (C=O) groups excluding carboxylic acids is 1. The summed E-state index contributed by atoms with van der Waals surface area (Å²) in [4.78, 5) is 11.0. The van der Waals surface area contributed by atoms with Crippen LogP contribution in [0.15, 0.2) is 12.3 Å². The molecule has 0 fully saturated rings. The fourth-order valence-corrected chi connectivity index (χ4v) is 0.812. The Morgan fingerprint density at radius 2 is 2.46 bits per heavy atom. The van der Waals surface area contributed by atoms with Gasteiger partial charge in [0.15, 0.2) is 0 Å². The number of hydrogen-bond donors (Lipinski definition) is 1. The number of rotatable bonds is 2. The molecular weight excluding hydrogens is 170 g/mol. The third-order valence-corrected chi connectivity index (χ3v) is 1.42. The van der Waals surface area contributed by atoms with Crippen molar-refractivity contribution in [2.24, 2.45) is 0 Å². The lowest BCUT2D eigenvalue weighted by atomic mass is 10.3. The minimum atomic E-state index is -0.474. The van der Waals surface area contributed by atoms with Crippen LogP contribution in [-0.4, -0.2) is 22.9 Å². The molecule has 0 spiro atoms. The molecule has 1 aromatic heterocycles. The first-order chi connectivity index (χ1) is 6.24. The van der Waals surface area contributed by atoms with Crippen LogP contribution >= 0.6 is 0 Å². The van der Waals surface area contributed by atoms with Crippen LogP contribution in [0.1, 0.15) is 12.6 Å². The molecule has 1 aromatic rings. The number of carbonyl (C=O) groups is 1. The Labute approximate surface area is 76.1 Å². The van der Waals surface area contributed by atoms with Crippen LogP contribution in [0.5, 0.6) is 0 Å². The van der Waals surface area contributed by atoms with E-state index >= 15 is 0 Å². The van der Waals surface area contributed by atoms with Crippen molar-refractivity contribution < 1.29 is 9.53 Å². The van der Waals surface area contributed by atoms with Crippen LogP contribution < -0.4 is 5.32 Å². The minimum Gasteiger partial charge on any atom is -0.450 e. The van der Waals surface area contributed by atoms with E-state index in [4.69, 9.17) is 4.74 Å². The van der Waals surface area contributed by atoms with Gasteiger partial charge in [-0.1, -0.05) is 0 Å². The van der Waals surface area contributed by atoms with E-state index in [9.17, 15) is 4.79 Å². The van der Waals surface area contributed by atoms with Crippen LogP contribution in [0, 0.1) is 6.92 Å². The van der Waals surface area contributed by atoms with Crippen LogP contribution in [0.3, 0.4) is 0 Å². The second-order valence-electron chi connectivity index (χ2n) is 2.38. The minimum absolute atomic E-state index is 0.351. The van der Waals surface area contributed by atoms with Crippen LogP contribution in [0.4, 0.5) is 10.5 Å². The number of nitrogens with zero attached hydrogens (tertiary/aromatic N) is 2. The molecule has 1 N–H and O–H groups in total. The number of anilines is 1. The summed E-state index contributed by atoms with van der Waals surface area (Å²) in [6.07, 6.45) is 1.03. The maximum Gasteiger partial charge on any atom is 0.411 e. The molecule has 70 valence electrons. The molecule has 0 unspecified atom stereocenters. The molecule has 0 atom stereocenters. The zero-order valence-corrected chi connectivity index (χ0v) is 7.57. The third-order valence-electron chi connectivity index (χ3n) is 1.42. The third kappa shape index (κ3) is 2.70. The highest BCUT2D eigenvalue weighted by Gasteiger charge is 2.04. The normalized spacial score (nSPS) is 9.38. The molecule has 0 aliphatic carbocycles. The van der Waals surface area contributed by atoms with Gasteiger partial charge in [-0.3, -0.25) is 5.32 Å². The number of nitrogens with one attached hydrogen (secondary N) is 1. The SMILES string of the molecule is CCOC(=O)Nc1ccnnc1C. The van der Waals surface area contributed by atoms with E-state index in [2.05, 4.69) is 15.5 Å². The average Bonchev–Trinajstić information content (AvgIpc) is 2.09. The van der Waals surface area contributed by atoms with Gasteiger partial charge in [-0.2, -0.15) is 10.2 Å². The number of aryl methyl sites for hydroxylation is 1. The van der Waals surface area contributed by atoms with Gasteiger partial charge < -0.3 is 4.74 Å². The van der Waals surface area contributed by atoms with Crippen molar-refractivity contribution in [3.63, 3.8) is 0 Å². The molecule has 0 aliphatic heterocycles. The quantitative estimate of drug-likeness (QED) is 0.748. The first-order valence-electron chi connectivity index (χ1n) is 3.96. The summed E-state index contributed by atoms with van der Waals surface area (Å²) in [5.74, 6) is 0. The number of amides is 1. The lowest BCUT2D eigenvalue weighted by Crippen LogP contribution is -2.14. The molecular formula is C8H11N3O2. The van der Waals surface area contributed by atoms with E-state index in [-0.39, 0.29) is 0 Å². The van der Waals surface area contributed by atoms with Crippen LogP contribution in [0.2, 0.25) is 0 Å². The lowest BCUT2D eigenvalue weighted by Gasteiger charge is -2.05. The summed E-state index contributed by atoms with van der Waals surface area (Å²) in [5, 5.41) is 9.98. The van der Waals surface area contributed by atoms with Gasteiger partial charge in [-0.25, -0.2) is 4.79 Å². The van der Waals surface area contributed by atoms with Gasteiger partial charge in [-0.05, 0) is 19.9 Å². The maximum atomic E-state index is 11.0. The fourth-order valence-electron chi connectivity index (χ4n) is 0.812. The summed E-state index contributed by atoms with van der Waals surface area (Å²) in [5.41, 5.74) is 1.28. The van der Waals surface area contributed by atoms with Gasteiger partial charge in [-0.15, -0.1) is 0 Å². The van der Waals surface area contributed by atoms with Crippen molar-refractivity contribution in [3.8, 4) is 0 Å². The van der Waals surface area contributed by atoms with Gasteiger partial charge in [0.1, 0.15) is 0 Å². The Kier molecular flexibility index (Phi) is 3.19. The Bertz CT molecular complexity index is 301. The molecule has 1 rings (SSSR count). The smallest absolute Gasteiger partial charge is 0.411 e. The van der Waals surface area contributed by atoms with Gasteiger partial charge in [0, 0.05) is 0 Å². The number of hydrogen-bond acceptors (Lipinski definition) is 4. The Hall–Kier alpha value is -1.65. The van der Waals surface area contributed by atoms with Crippen molar-refractivity contribution in [1.82, 2.24) is 10.2 Å². The zero-order valence-electron chi connectivity index (χ0n) is 7.57. The molecule has 0 saturated heterocycles. The second-order valence-corrected chi connectivity index (χ2v) is 2.38. The highest BCUT2D eigenvalue weighted by molar-refractivity contribution is 5.85. The van der Waals surface area contributed by atoms with Crippen LogP contribution in [-0.2, 0) is 4.74 Å². The van der Waals surface area contributed by atoms with Gasteiger partial charge in [0.2, 0.25) is 0 Å². The maximum absolute atomic E-state index is 11.0. The Morgan fingerprint density at radius 1 is 1.69 bits per heavy atom. The summed E-state index contributed by atoms with van der Waals surface area (Å²) in [7, 11) is 0. The Balaban J connectivity index is 2.63.